The molecule has 0 bridgehead atoms. The number of nitrogens with zero attached hydrogens (tertiary/aromatic N) is 1. The van der Waals surface area contributed by atoms with Gasteiger partial charge in [0.1, 0.15) is 0 Å². The van der Waals surface area contributed by atoms with Crippen molar-refractivity contribution in [2.45, 2.75) is 12.8 Å². The summed E-state index contributed by atoms with van der Waals surface area (Å²) in [6.45, 7) is 0. The Balaban J connectivity index is 1.85. The van der Waals surface area contributed by atoms with Gasteiger partial charge in [0.15, 0.2) is 0 Å². The molecule has 1 atom stereocenters. The highest BCUT2D eigenvalue weighted by atomic mass is 16.1. The molecule has 0 spiro atoms. The number of allylic oxidation sites excluding steroid dienone is 4. The van der Waals surface area contributed by atoms with Crippen molar-refractivity contribution in [1.29, 1.82) is 0 Å². The molecule has 0 fully saturated rings. The molecule has 3 nitrogen and oxygen atoms in total. The van der Waals surface area contributed by atoms with E-state index in [4.69, 9.17) is 0 Å². The van der Waals surface area contributed by atoms with Crippen LogP contribution in [0.15, 0.2) is 48.8 Å². The highest BCUT2D eigenvalue weighted by Gasteiger charge is 2.11. The summed E-state index contributed by atoms with van der Waals surface area (Å²) < 4.78 is 0. The van der Waals surface area contributed by atoms with Crippen molar-refractivity contribution >= 4 is 11.6 Å². The topological polar surface area (TPSA) is 42.0 Å². The van der Waals surface area contributed by atoms with Crippen molar-refractivity contribution in [2.24, 2.45) is 5.92 Å². The van der Waals surface area contributed by atoms with Crippen molar-refractivity contribution in [1.82, 2.24) is 4.98 Å². The van der Waals surface area contributed by atoms with E-state index in [1.165, 1.54) is 0 Å². The number of hydrogen-bond donors (Lipinski definition) is 1. The van der Waals surface area contributed by atoms with E-state index < -0.39 is 0 Å². The lowest BCUT2D eigenvalue weighted by Gasteiger charge is -2.12. The second kappa shape index (κ2) is 5.26. The first-order valence-electron chi connectivity index (χ1n) is 5.38. The van der Waals surface area contributed by atoms with Gasteiger partial charge in [0, 0.05) is 12.6 Å². The van der Waals surface area contributed by atoms with Crippen molar-refractivity contribution in [3.05, 3.63) is 48.8 Å². The number of aromatic nitrogens is 1. The quantitative estimate of drug-likeness (QED) is 0.840. The number of rotatable bonds is 3. The lowest BCUT2D eigenvalue weighted by atomic mass is 9.97. The zero-order chi connectivity index (χ0) is 11.2. The van der Waals surface area contributed by atoms with Gasteiger partial charge < -0.3 is 5.32 Å². The number of hydrogen-bond acceptors (Lipinski definition) is 2. The summed E-state index contributed by atoms with van der Waals surface area (Å²) in [5, 5.41) is 2.83. The monoisotopic (exact) mass is 214 g/mol. The molecular formula is C13H14N2O. The molecule has 0 saturated carbocycles. The van der Waals surface area contributed by atoms with Crippen molar-refractivity contribution < 1.29 is 4.79 Å². The highest BCUT2D eigenvalue weighted by molar-refractivity contribution is 5.90. The minimum atomic E-state index is 0.0398. The molecular weight excluding hydrogens is 200 g/mol. The van der Waals surface area contributed by atoms with E-state index >= 15 is 0 Å². The second-order valence-electron chi connectivity index (χ2n) is 3.80. The molecule has 2 rings (SSSR count). The fourth-order valence-electron chi connectivity index (χ4n) is 1.67. The molecule has 0 aliphatic heterocycles. The summed E-state index contributed by atoms with van der Waals surface area (Å²) in [4.78, 5) is 15.6. The maximum absolute atomic E-state index is 11.7. The Morgan fingerprint density at radius 2 is 2.44 bits per heavy atom. The van der Waals surface area contributed by atoms with Gasteiger partial charge in [-0.3, -0.25) is 9.78 Å². The van der Waals surface area contributed by atoms with Crippen molar-refractivity contribution in [3.8, 4) is 0 Å². The second-order valence-corrected chi connectivity index (χ2v) is 3.80. The van der Waals surface area contributed by atoms with Gasteiger partial charge in [0.05, 0.1) is 11.9 Å². The van der Waals surface area contributed by atoms with Crippen molar-refractivity contribution in [3.63, 3.8) is 0 Å². The van der Waals surface area contributed by atoms with Crippen LogP contribution in [-0.2, 0) is 4.79 Å². The molecule has 1 aliphatic carbocycles. The SMILES string of the molecule is O=C(C[C@H]1C=CC=CC1)Nc1cccnc1. The van der Waals surface area contributed by atoms with E-state index in [1.807, 2.05) is 18.2 Å². The third-order valence-corrected chi connectivity index (χ3v) is 2.46. The van der Waals surface area contributed by atoms with Gasteiger partial charge in [0.25, 0.3) is 0 Å². The smallest absolute Gasteiger partial charge is 0.225 e. The molecule has 1 aliphatic rings. The van der Waals surface area contributed by atoms with E-state index in [0.717, 1.165) is 12.1 Å². The van der Waals surface area contributed by atoms with Crippen LogP contribution in [-0.4, -0.2) is 10.9 Å². The first kappa shape index (κ1) is 10.6. The fraction of sp³-hybridized carbons (Fsp3) is 0.231. The van der Waals surface area contributed by atoms with Crippen LogP contribution in [0.5, 0.6) is 0 Å². The number of anilines is 1. The van der Waals surface area contributed by atoms with Gasteiger partial charge in [-0.2, -0.15) is 0 Å². The Hall–Kier alpha value is -1.90. The maximum atomic E-state index is 11.7. The molecule has 1 N–H and O–H groups in total. The maximum Gasteiger partial charge on any atom is 0.225 e. The minimum Gasteiger partial charge on any atom is -0.325 e. The molecule has 1 aromatic heterocycles. The van der Waals surface area contributed by atoms with Crippen LogP contribution in [0.3, 0.4) is 0 Å². The molecule has 82 valence electrons. The van der Waals surface area contributed by atoms with E-state index in [9.17, 15) is 4.79 Å². The summed E-state index contributed by atoms with van der Waals surface area (Å²) in [7, 11) is 0. The molecule has 1 amide bonds. The first-order chi connectivity index (χ1) is 7.84. The van der Waals surface area contributed by atoms with Crippen LogP contribution in [0, 0.1) is 5.92 Å². The average Bonchev–Trinajstić information content (AvgIpc) is 2.31. The van der Waals surface area contributed by atoms with Crippen LogP contribution in [0.4, 0.5) is 5.69 Å². The van der Waals surface area contributed by atoms with Crippen molar-refractivity contribution in [2.75, 3.05) is 5.32 Å². The standard InChI is InChI=1S/C13H14N2O/c16-13(9-11-5-2-1-3-6-11)15-12-7-4-8-14-10-12/h1-5,7-8,10-11H,6,9H2,(H,15,16)/t11-/m0/s1. The number of carbonyl (C=O) groups is 1. The Morgan fingerprint density at radius 1 is 1.50 bits per heavy atom. The van der Waals surface area contributed by atoms with Crippen LogP contribution in [0.1, 0.15) is 12.8 Å². The lowest BCUT2D eigenvalue weighted by molar-refractivity contribution is -0.116. The molecule has 3 heteroatoms. The molecule has 1 heterocycles. The van der Waals surface area contributed by atoms with Crippen LogP contribution in [0.25, 0.3) is 0 Å². The molecule has 0 unspecified atom stereocenters. The normalized spacial score (nSPS) is 18.4. The van der Waals surface area contributed by atoms with E-state index in [0.29, 0.717) is 12.3 Å². The predicted molar refractivity (Wildman–Crippen MR) is 63.9 cm³/mol. The molecule has 16 heavy (non-hydrogen) atoms. The molecule has 1 aromatic rings. The van der Waals surface area contributed by atoms with E-state index in [-0.39, 0.29) is 5.91 Å². The van der Waals surface area contributed by atoms with E-state index in [1.54, 1.807) is 18.5 Å². The fourth-order valence-corrected chi connectivity index (χ4v) is 1.67. The summed E-state index contributed by atoms with van der Waals surface area (Å²) >= 11 is 0. The first-order valence-corrected chi connectivity index (χ1v) is 5.38. The minimum absolute atomic E-state index is 0.0398. The highest BCUT2D eigenvalue weighted by Crippen LogP contribution is 2.16. The number of pyridine rings is 1. The largest absolute Gasteiger partial charge is 0.325 e. The van der Waals surface area contributed by atoms with Gasteiger partial charge in [0.2, 0.25) is 5.91 Å². The molecule has 0 saturated heterocycles. The zero-order valence-corrected chi connectivity index (χ0v) is 8.97. The predicted octanol–water partition coefficient (Wildman–Crippen LogP) is 2.54. The van der Waals surface area contributed by atoms with E-state index in [2.05, 4.69) is 22.5 Å². The van der Waals surface area contributed by atoms with Gasteiger partial charge in [-0.25, -0.2) is 0 Å². The molecule has 0 radical (unpaired) electrons. The summed E-state index contributed by atoms with van der Waals surface area (Å²) in [5.41, 5.74) is 0.753. The summed E-state index contributed by atoms with van der Waals surface area (Å²) in [6, 6.07) is 3.64. The zero-order valence-electron chi connectivity index (χ0n) is 8.97. The van der Waals surface area contributed by atoms with Gasteiger partial charge in [-0.05, 0) is 24.5 Å². The van der Waals surface area contributed by atoms with Gasteiger partial charge >= 0.3 is 0 Å². The summed E-state index contributed by atoms with van der Waals surface area (Å²) in [6.07, 6.45) is 13.0. The van der Waals surface area contributed by atoms with Gasteiger partial charge in [-0.15, -0.1) is 0 Å². The third kappa shape index (κ3) is 3.05. The average molecular weight is 214 g/mol. The third-order valence-electron chi connectivity index (χ3n) is 2.46. The Bertz CT molecular complexity index is 409. The van der Waals surface area contributed by atoms with Gasteiger partial charge in [-0.1, -0.05) is 24.3 Å². The summed E-state index contributed by atoms with van der Waals surface area (Å²) in [5.74, 6) is 0.361. The number of carbonyl (C=O) groups excluding carboxylic acids is 1. The lowest BCUT2D eigenvalue weighted by Crippen LogP contribution is -2.15. The number of amides is 1. The Morgan fingerprint density at radius 3 is 3.12 bits per heavy atom. The van der Waals surface area contributed by atoms with Crippen LogP contribution >= 0.6 is 0 Å². The number of nitrogens with one attached hydrogen (secondary N) is 1. The molecule has 0 aromatic carbocycles. The Kier molecular flexibility index (Phi) is 3.49. The van der Waals surface area contributed by atoms with Crippen LogP contribution < -0.4 is 5.32 Å². The Labute approximate surface area is 94.9 Å². The van der Waals surface area contributed by atoms with Crippen LogP contribution in [0.2, 0.25) is 0 Å².